The lowest BCUT2D eigenvalue weighted by atomic mass is 10.0. The molecule has 92 valence electrons. The Morgan fingerprint density at radius 3 is 2.94 bits per heavy atom. The molecule has 0 aromatic heterocycles. The number of carbonyl (C=O) groups excluding carboxylic acids is 1. The third-order valence-corrected chi connectivity index (χ3v) is 4.03. The molecule has 2 heterocycles. The molecule has 0 radical (unpaired) electrons. The van der Waals surface area contributed by atoms with Crippen molar-refractivity contribution in [1.82, 2.24) is 4.90 Å². The minimum Gasteiger partial charge on any atom is -0.378 e. The van der Waals surface area contributed by atoms with Crippen LogP contribution in [-0.4, -0.2) is 42.5 Å². The molecule has 2 saturated heterocycles. The molecule has 0 aliphatic carbocycles. The smallest absolute Gasteiger partial charge is 0.228 e. The Labute approximate surface area is 102 Å². The molecule has 16 heavy (non-hydrogen) atoms. The van der Waals surface area contributed by atoms with Crippen LogP contribution in [0.5, 0.6) is 0 Å². The van der Waals surface area contributed by atoms with Crippen molar-refractivity contribution in [2.24, 2.45) is 11.8 Å². The highest BCUT2D eigenvalue weighted by Crippen LogP contribution is 2.27. The van der Waals surface area contributed by atoms with E-state index in [0.29, 0.717) is 17.7 Å². The number of rotatable bonds is 3. The Hall–Kier alpha value is -0.280. The minimum atomic E-state index is 0.0924. The summed E-state index contributed by atoms with van der Waals surface area (Å²) in [5.74, 6) is 1.70. The van der Waals surface area contributed by atoms with Crippen molar-refractivity contribution in [3.8, 4) is 0 Å². The van der Waals surface area contributed by atoms with E-state index in [-0.39, 0.29) is 12.0 Å². The highest BCUT2D eigenvalue weighted by molar-refractivity contribution is 6.17. The maximum atomic E-state index is 12.2. The summed E-state index contributed by atoms with van der Waals surface area (Å²) in [6.45, 7) is 4.54. The van der Waals surface area contributed by atoms with Crippen LogP contribution < -0.4 is 0 Å². The summed E-state index contributed by atoms with van der Waals surface area (Å²) in [6, 6.07) is 0. The van der Waals surface area contributed by atoms with Crippen molar-refractivity contribution in [2.45, 2.75) is 32.3 Å². The van der Waals surface area contributed by atoms with E-state index in [1.807, 2.05) is 11.8 Å². The Bertz CT molecular complexity index is 259. The van der Waals surface area contributed by atoms with Crippen molar-refractivity contribution >= 4 is 17.5 Å². The van der Waals surface area contributed by atoms with E-state index in [0.717, 1.165) is 39.0 Å². The molecule has 2 rings (SSSR count). The molecule has 2 aliphatic heterocycles. The summed E-state index contributed by atoms with van der Waals surface area (Å²) < 4.78 is 5.45. The van der Waals surface area contributed by atoms with Gasteiger partial charge in [-0.2, -0.15) is 0 Å². The van der Waals surface area contributed by atoms with Crippen molar-refractivity contribution in [1.29, 1.82) is 0 Å². The first-order chi connectivity index (χ1) is 7.72. The lowest BCUT2D eigenvalue weighted by Crippen LogP contribution is -2.37. The third kappa shape index (κ3) is 2.51. The van der Waals surface area contributed by atoms with Crippen molar-refractivity contribution in [3.05, 3.63) is 0 Å². The molecule has 3 unspecified atom stereocenters. The molecule has 0 aromatic carbocycles. The minimum absolute atomic E-state index is 0.0924. The predicted octanol–water partition coefficient (Wildman–Crippen LogP) is 1.89. The number of carbonyl (C=O) groups is 1. The fourth-order valence-electron chi connectivity index (χ4n) is 2.71. The highest BCUT2D eigenvalue weighted by atomic mass is 35.5. The lowest BCUT2D eigenvalue weighted by molar-refractivity contribution is -0.136. The Morgan fingerprint density at radius 1 is 1.50 bits per heavy atom. The van der Waals surface area contributed by atoms with Crippen LogP contribution in [0.25, 0.3) is 0 Å². The number of amides is 1. The number of hydrogen-bond donors (Lipinski definition) is 0. The lowest BCUT2D eigenvalue weighted by Gasteiger charge is -2.22. The van der Waals surface area contributed by atoms with Crippen LogP contribution in [0.3, 0.4) is 0 Å². The van der Waals surface area contributed by atoms with Gasteiger partial charge < -0.3 is 9.64 Å². The zero-order valence-electron chi connectivity index (χ0n) is 9.82. The van der Waals surface area contributed by atoms with Gasteiger partial charge >= 0.3 is 0 Å². The first-order valence-corrected chi connectivity index (χ1v) is 6.72. The van der Waals surface area contributed by atoms with Crippen LogP contribution in [0.15, 0.2) is 0 Å². The fraction of sp³-hybridized carbons (Fsp3) is 0.917. The normalized spacial score (nSPS) is 34.6. The van der Waals surface area contributed by atoms with Gasteiger partial charge in [-0.25, -0.2) is 0 Å². The average molecular weight is 246 g/mol. The van der Waals surface area contributed by atoms with Crippen LogP contribution in [0.1, 0.15) is 26.2 Å². The topological polar surface area (TPSA) is 29.5 Å². The number of ether oxygens (including phenoxy) is 1. The van der Waals surface area contributed by atoms with Crippen molar-refractivity contribution in [3.63, 3.8) is 0 Å². The molecule has 3 atom stereocenters. The molecule has 2 aliphatic rings. The molecule has 4 heteroatoms. The monoisotopic (exact) mass is 245 g/mol. The standard InChI is InChI=1S/C12H20ClNO2/c1-9-11(4-7-16-9)12(15)14-6-3-10(8-14)2-5-13/h9-11H,2-8H2,1H3. The molecule has 1 amide bonds. The van der Waals surface area contributed by atoms with Crippen LogP contribution in [-0.2, 0) is 9.53 Å². The van der Waals surface area contributed by atoms with E-state index in [1.165, 1.54) is 0 Å². The SMILES string of the molecule is CC1OCCC1C(=O)N1CCC(CCCl)C1. The molecule has 0 spiro atoms. The zero-order chi connectivity index (χ0) is 11.5. The number of nitrogens with zero attached hydrogens (tertiary/aromatic N) is 1. The Balaban J connectivity index is 1.86. The van der Waals surface area contributed by atoms with Crippen molar-refractivity contribution in [2.75, 3.05) is 25.6 Å². The van der Waals surface area contributed by atoms with Gasteiger partial charge in [0.2, 0.25) is 5.91 Å². The van der Waals surface area contributed by atoms with E-state index in [4.69, 9.17) is 16.3 Å². The van der Waals surface area contributed by atoms with E-state index >= 15 is 0 Å². The molecule has 0 N–H and O–H groups in total. The highest BCUT2D eigenvalue weighted by Gasteiger charge is 2.36. The van der Waals surface area contributed by atoms with Crippen LogP contribution >= 0.6 is 11.6 Å². The molecule has 3 nitrogen and oxygen atoms in total. The van der Waals surface area contributed by atoms with Crippen LogP contribution in [0.4, 0.5) is 0 Å². The van der Waals surface area contributed by atoms with Gasteiger partial charge in [0.05, 0.1) is 12.0 Å². The van der Waals surface area contributed by atoms with E-state index in [9.17, 15) is 4.79 Å². The zero-order valence-corrected chi connectivity index (χ0v) is 10.6. The van der Waals surface area contributed by atoms with Gasteiger partial charge in [0.25, 0.3) is 0 Å². The summed E-state index contributed by atoms with van der Waals surface area (Å²) in [4.78, 5) is 14.2. The van der Waals surface area contributed by atoms with Crippen LogP contribution in [0, 0.1) is 11.8 Å². The van der Waals surface area contributed by atoms with Gasteiger partial charge in [-0.05, 0) is 32.1 Å². The van der Waals surface area contributed by atoms with Gasteiger partial charge in [-0.1, -0.05) is 0 Å². The number of hydrogen-bond acceptors (Lipinski definition) is 2. The van der Waals surface area contributed by atoms with Gasteiger partial charge in [0, 0.05) is 25.6 Å². The number of alkyl halides is 1. The summed E-state index contributed by atoms with van der Waals surface area (Å²) in [6.07, 6.45) is 3.12. The van der Waals surface area contributed by atoms with E-state index in [1.54, 1.807) is 0 Å². The molecular weight excluding hydrogens is 226 g/mol. The summed E-state index contributed by atoms with van der Waals surface area (Å²) >= 11 is 5.74. The molecule has 2 fully saturated rings. The Morgan fingerprint density at radius 2 is 2.31 bits per heavy atom. The first kappa shape index (κ1) is 12.2. The maximum Gasteiger partial charge on any atom is 0.228 e. The van der Waals surface area contributed by atoms with E-state index < -0.39 is 0 Å². The molecular formula is C12H20ClNO2. The van der Waals surface area contributed by atoms with Gasteiger partial charge in [0.1, 0.15) is 0 Å². The summed E-state index contributed by atoms with van der Waals surface area (Å²) in [7, 11) is 0. The quantitative estimate of drug-likeness (QED) is 0.711. The Kier molecular flexibility index (Phi) is 4.09. The third-order valence-electron chi connectivity index (χ3n) is 3.81. The van der Waals surface area contributed by atoms with Gasteiger partial charge in [0.15, 0.2) is 0 Å². The maximum absolute atomic E-state index is 12.2. The number of halogens is 1. The average Bonchev–Trinajstić information content (AvgIpc) is 2.87. The second kappa shape index (κ2) is 5.37. The predicted molar refractivity (Wildman–Crippen MR) is 63.5 cm³/mol. The van der Waals surface area contributed by atoms with Gasteiger partial charge in [-0.15, -0.1) is 11.6 Å². The molecule has 0 saturated carbocycles. The summed E-state index contributed by atoms with van der Waals surface area (Å²) in [5, 5.41) is 0. The van der Waals surface area contributed by atoms with Crippen molar-refractivity contribution < 1.29 is 9.53 Å². The second-order valence-electron chi connectivity index (χ2n) is 4.89. The number of likely N-dealkylation sites (tertiary alicyclic amines) is 1. The largest absolute Gasteiger partial charge is 0.378 e. The second-order valence-corrected chi connectivity index (χ2v) is 5.27. The first-order valence-electron chi connectivity index (χ1n) is 6.18. The van der Waals surface area contributed by atoms with Gasteiger partial charge in [-0.3, -0.25) is 4.79 Å². The van der Waals surface area contributed by atoms with Crippen LogP contribution in [0.2, 0.25) is 0 Å². The summed E-state index contributed by atoms with van der Waals surface area (Å²) in [5.41, 5.74) is 0. The van der Waals surface area contributed by atoms with E-state index in [2.05, 4.69) is 0 Å². The fourth-order valence-corrected chi connectivity index (χ4v) is 3.02. The molecule has 0 aromatic rings. The molecule has 0 bridgehead atoms.